The van der Waals surface area contributed by atoms with Crippen LogP contribution in [0.1, 0.15) is 5.56 Å². The summed E-state index contributed by atoms with van der Waals surface area (Å²) in [6.07, 6.45) is 0.933. The first-order valence-corrected chi connectivity index (χ1v) is 3.60. The number of carbonyl (C=O) groups excluding carboxylic acids is 1. The van der Waals surface area contributed by atoms with Crippen molar-refractivity contribution in [1.82, 2.24) is 0 Å². The minimum Gasteiger partial charge on any atom is -0.298 e. The fourth-order valence-corrected chi connectivity index (χ4v) is 0.928. The summed E-state index contributed by atoms with van der Waals surface area (Å²) in [7, 11) is 0. The SMILES string of the molecule is C=C(C=O)Cc1ccccc1F. The summed E-state index contributed by atoms with van der Waals surface area (Å²) in [4.78, 5) is 10.2. The highest BCUT2D eigenvalue weighted by Crippen LogP contribution is 2.09. The molecule has 1 rings (SSSR count). The van der Waals surface area contributed by atoms with E-state index in [0.717, 1.165) is 0 Å². The van der Waals surface area contributed by atoms with Gasteiger partial charge in [-0.3, -0.25) is 4.79 Å². The second-order valence-corrected chi connectivity index (χ2v) is 2.54. The third kappa shape index (κ3) is 2.02. The zero-order valence-corrected chi connectivity index (χ0v) is 6.59. The largest absolute Gasteiger partial charge is 0.298 e. The lowest BCUT2D eigenvalue weighted by molar-refractivity contribution is -0.104. The van der Waals surface area contributed by atoms with Crippen LogP contribution in [0.3, 0.4) is 0 Å². The average Bonchev–Trinajstić information content (AvgIpc) is 2.09. The molecule has 0 aliphatic rings. The second kappa shape index (κ2) is 3.81. The van der Waals surface area contributed by atoms with E-state index in [1.54, 1.807) is 18.2 Å². The average molecular weight is 164 g/mol. The quantitative estimate of drug-likeness (QED) is 0.494. The van der Waals surface area contributed by atoms with Gasteiger partial charge in [0.25, 0.3) is 0 Å². The summed E-state index contributed by atoms with van der Waals surface area (Å²) in [5.41, 5.74) is 0.898. The highest BCUT2D eigenvalue weighted by molar-refractivity contribution is 5.72. The summed E-state index contributed by atoms with van der Waals surface area (Å²) in [5, 5.41) is 0. The summed E-state index contributed by atoms with van der Waals surface area (Å²) >= 11 is 0. The third-order valence-corrected chi connectivity index (χ3v) is 1.54. The molecule has 0 radical (unpaired) electrons. The van der Waals surface area contributed by atoms with Gasteiger partial charge >= 0.3 is 0 Å². The lowest BCUT2D eigenvalue weighted by Crippen LogP contribution is -1.93. The molecule has 0 atom stereocenters. The Morgan fingerprint density at radius 1 is 1.50 bits per heavy atom. The van der Waals surface area contributed by atoms with Gasteiger partial charge in [-0.1, -0.05) is 24.8 Å². The number of benzene rings is 1. The van der Waals surface area contributed by atoms with Gasteiger partial charge in [0, 0.05) is 6.42 Å². The van der Waals surface area contributed by atoms with Crippen LogP contribution in [0.2, 0.25) is 0 Å². The number of hydrogen-bond donors (Lipinski definition) is 0. The van der Waals surface area contributed by atoms with Gasteiger partial charge in [-0.15, -0.1) is 0 Å². The molecule has 0 aliphatic heterocycles. The van der Waals surface area contributed by atoms with E-state index in [1.165, 1.54) is 6.07 Å². The number of carbonyl (C=O) groups is 1. The summed E-state index contributed by atoms with van der Waals surface area (Å²) in [6, 6.07) is 6.36. The van der Waals surface area contributed by atoms with Crippen LogP contribution in [0, 0.1) is 5.82 Å². The van der Waals surface area contributed by atoms with Crippen LogP contribution >= 0.6 is 0 Å². The maximum Gasteiger partial charge on any atom is 0.145 e. The molecular weight excluding hydrogens is 155 g/mol. The van der Waals surface area contributed by atoms with Crippen LogP contribution in [-0.4, -0.2) is 6.29 Å². The normalized spacial score (nSPS) is 9.42. The minimum absolute atomic E-state index is 0.288. The number of rotatable bonds is 3. The van der Waals surface area contributed by atoms with Gasteiger partial charge in [0.2, 0.25) is 0 Å². The molecule has 0 fully saturated rings. The highest BCUT2D eigenvalue weighted by Gasteiger charge is 2.01. The van der Waals surface area contributed by atoms with Crippen LogP contribution < -0.4 is 0 Å². The van der Waals surface area contributed by atoms with Crippen LogP contribution in [0.15, 0.2) is 36.4 Å². The van der Waals surface area contributed by atoms with E-state index in [0.29, 0.717) is 17.4 Å². The molecule has 0 unspecified atom stereocenters. The molecule has 0 N–H and O–H groups in total. The first-order chi connectivity index (χ1) is 5.74. The third-order valence-electron chi connectivity index (χ3n) is 1.54. The van der Waals surface area contributed by atoms with Crippen molar-refractivity contribution in [2.24, 2.45) is 0 Å². The van der Waals surface area contributed by atoms with E-state index in [4.69, 9.17) is 0 Å². The van der Waals surface area contributed by atoms with Crippen LogP contribution in [0.5, 0.6) is 0 Å². The highest BCUT2D eigenvalue weighted by atomic mass is 19.1. The second-order valence-electron chi connectivity index (χ2n) is 2.54. The lowest BCUT2D eigenvalue weighted by atomic mass is 10.1. The smallest absolute Gasteiger partial charge is 0.145 e. The maximum atomic E-state index is 12.9. The summed E-state index contributed by atoms with van der Waals surface area (Å²) in [6.45, 7) is 3.47. The topological polar surface area (TPSA) is 17.1 Å². The molecule has 0 amide bonds. The molecule has 1 aromatic rings. The molecule has 2 heteroatoms. The van der Waals surface area contributed by atoms with Gasteiger partial charge in [-0.25, -0.2) is 4.39 Å². The van der Waals surface area contributed by atoms with E-state index in [2.05, 4.69) is 6.58 Å². The zero-order chi connectivity index (χ0) is 8.97. The molecule has 0 bridgehead atoms. The fraction of sp³-hybridized carbons (Fsp3) is 0.100. The molecule has 1 aromatic carbocycles. The Bertz CT molecular complexity index is 304. The predicted octanol–water partition coefficient (Wildman–Crippen LogP) is 2.12. The Kier molecular flexibility index (Phi) is 2.75. The Balaban J connectivity index is 2.82. The van der Waals surface area contributed by atoms with Gasteiger partial charge in [0.05, 0.1) is 0 Å². The van der Waals surface area contributed by atoms with E-state index in [-0.39, 0.29) is 12.2 Å². The predicted molar refractivity (Wildman–Crippen MR) is 45.3 cm³/mol. The Morgan fingerprint density at radius 3 is 2.75 bits per heavy atom. The zero-order valence-electron chi connectivity index (χ0n) is 6.59. The van der Waals surface area contributed by atoms with E-state index in [9.17, 15) is 9.18 Å². The molecule has 0 spiro atoms. The number of allylic oxidation sites excluding steroid dienone is 1. The van der Waals surface area contributed by atoms with Gasteiger partial charge in [-0.2, -0.15) is 0 Å². The number of aldehydes is 1. The van der Waals surface area contributed by atoms with Crippen molar-refractivity contribution in [3.8, 4) is 0 Å². The summed E-state index contributed by atoms with van der Waals surface area (Å²) < 4.78 is 12.9. The van der Waals surface area contributed by atoms with Crippen molar-refractivity contribution in [3.05, 3.63) is 47.8 Å². The standard InChI is InChI=1S/C10H9FO/c1-8(7-12)6-9-4-2-3-5-10(9)11/h2-5,7H,1,6H2. The minimum atomic E-state index is -0.291. The number of halogens is 1. The lowest BCUT2D eigenvalue weighted by Gasteiger charge is -1.99. The number of hydrogen-bond acceptors (Lipinski definition) is 1. The van der Waals surface area contributed by atoms with Crippen molar-refractivity contribution < 1.29 is 9.18 Å². The monoisotopic (exact) mass is 164 g/mol. The summed E-state index contributed by atoms with van der Waals surface area (Å²) in [5.74, 6) is -0.291. The molecule has 1 nitrogen and oxygen atoms in total. The fourth-order valence-electron chi connectivity index (χ4n) is 0.928. The van der Waals surface area contributed by atoms with Gasteiger partial charge in [0.15, 0.2) is 0 Å². The van der Waals surface area contributed by atoms with Gasteiger partial charge in [0.1, 0.15) is 12.1 Å². The van der Waals surface area contributed by atoms with Crippen molar-refractivity contribution in [1.29, 1.82) is 0 Å². The van der Waals surface area contributed by atoms with Crippen LogP contribution in [0.4, 0.5) is 4.39 Å². The van der Waals surface area contributed by atoms with Crippen molar-refractivity contribution in [3.63, 3.8) is 0 Å². The molecule has 0 aromatic heterocycles. The van der Waals surface area contributed by atoms with Gasteiger partial charge < -0.3 is 0 Å². The van der Waals surface area contributed by atoms with Crippen molar-refractivity contribution in [2.75, 3.05) is 0 Å². The molecule has 0 aliphatic carbocycles. The van der Waals surface area contributed by atoms with Crippen LogP contribution in [0.25, 0.3) is 0 Å². The molecule has 0 saturated carbocycles. The van der Waals surface area contributed by atoms with E-state index in [1.807, 2.05) is 0 Å². The van der Waals surface area contributed by atoms with Crippen molar-refractivity contribution in [2.45, 2.75) is 6.42 Å². The molecule has 0 saturated heterocycles. The molecule has 62 valence electrons. The van der Waals surface area contributed by atoms with Crippen molar-refractivity contribution >= 4 is 6.29 Å². The Labute approximate surface area is 70.5 Å². The van der Waals surface area contributed by atoms with E-state index >= 15 is 0 Å². The first-order valence-electron chi connectivity index (χ1n) is 3.60. The van der Waals surface area contributed by atoms with E-state index < -0.39 is 0 Å². The Hall–Kier alpha value is -1.44. The first kappa shape index (κ1) is 8.65. The maximum absolute atomic E-state index is 12.9. The van der Waals surface area contributed by atoms with Crippen LogP contribution in [-0.2, 0) is 11.2 Å². The van der Waals surface area contributed by atoms with Gasteiger partial charge in [-0.05, 0) is 17.2 Å². The molecule has 12 heavy (non-hydrogen) atoms. The molecule has 0 heterocycles. The Morgan fingerprint density at radius 2 is 2.17 bits per heavy atom. The molecular formula is C10H9FO.